The number of benzene rings is 2. The number of nitrogens with zero attached hydrogens (tertiary/aromatic N) is 4. The third-order valence-corrected chi connectivity index (χ3v) is 7.51. The Morgan fingerprint density at radius 2 is 1.74 bits per heavy atom. The van der Waals surface area contributed by atoms with Crippen LogP contribution in [0.2, 0.25) is 15.1 Å². The van der Waals surface area contributed by atoms with Crippen LogP contribution >= 0.6 is 46.1 Å². The lowest BCUT2D eigenvalue weighted by Crippen LogP contribution is -2.36. The Kier molecular flexibility index (Phi) is 6.87. The Labute approximate surface area is 201 Å². The molecule has 31 heavy (non-hydrogen) atoms. The van der Waals surface area contributed by atoms with E-state index in [-0.39, 0.29) is 12.1 Å². The first-order chi connectivity index (χ1) is 14.9. The van der Waals surface area contributed by atoms with Crippen LogP contribution in [0.15, 0.2) is 47.5 Å². The molecule has 0 N–H and O–H groups in total. The van der Waals surface area contributed by atoms with Gasteiger partial charge in [-0.1, -0.05) is 66.4 Å². The van der Waals surface area contributed by atoms with Gasteiger partial charge >= 0.3 is 0 Å². The SMILES string of the molecule is CCCC(C)c1nnc(C2N=C(c3ccc(Cl)cc3Cl)N(c3ccc(Cl)cc3)C2C)s1. The summed E-state index contributed by atoms with van der Waals surface area (Å²) in [6.07, 6.45) is 2.22. The van der Waals surface area contributed by atoms with Crippen molar-refractivity contribution in [2.24, 2.45) is 4.99 Å². The Morgan fingerprint density at radius 3 is 2.42 bits per heavy atom. The van der Waals surface area contributed by atoms with Gasteiger partial charge in [0.1, 0.15) is 21.9 Å². The zero-order chi connectivity index (χ0) is 22.1. The van der Waals surface area contributed by atoms with Crippen LogP contribution in [0, 0.1) is 0 Å². The van der Waals surface area contributed by atoms with Gasteiger partial charge in [-0.05, 0) is 55.8 Å². The molecular formula is C23H23Cl3N4S. The van der Waals surface area contributed by atoms with Gasteiger partial charge in [-0.3, -0.25) is 4.99 Å². The number of hydrogen-bond acceptors (Lipinski definition) is 5. The summed E-state index contributed by atoms with van der Waals surface area (Å²) in [6.45, 7) is 6.54. The first-order valence-electron chi connectivity index (χ1n) is 10.3. The molecule has 4 rings (SSSR count). The van der Waals surface area contributed by atoms with Gasteiger partial charge in [0.05, 0.1) is 11.1 Å². The van der Waals surface area contributed by atoms with E-state index in [2.05, 4.69) is 35.9 Å². The van der Waals surface area contributed by atoms with Gasteiger partial charge in [0, 0.05) is 27.2 Å². The molecule has 0 radical (unpaired) electrons. The van der Waals surface area contributed by atoms with E-state index in [4.69, 9.17) is 39.8 Å². The standard InChI is InChI=1S/C23H23Cl3N4S/c1-4-5-13(2)22-28-29-23(31-22)20-14(3)30(17-9-6-15(24)7-10-17)21(27-20)18-11-8-16(25)12-19(18)26/h6-14,20H,4-5H2,1-3H3. The van der Waals surface area contributed by atoms with Gasteiger partial charge in [0.15, 0.2) is 0 Å². The van der Waals surface area contributed by atoms with Gasteiger partial charge in [0.2, 0.25) is 0 Å². The number of aromatic nitrogens is 2. The predicted octanol–water partition coefficient (Wildman–Crippen LogP) is 7.80. The highest BCUT2D eigenvalue weighted by molar-refractivity contribution is 7.11. The Hall–Kier alpha value is -1.66. The van der Waals surface area contributed by atoms with E-state index in [1.165, 1.54) is 0 Å². The summed E-state index contributed by atoms with van der Waals surface area (Å²) in [5.74, 6) is 1.19. The largest absolute Gasteiger partial charge is 0.321 e. The Balaban J connectivity index is 1.77. The quantitative estimate of drug-likeness (QED) is 0.352. The third-order valence-electron chi connectivity index (χ3n) is 5.48. The number of amidine groups is 1. The molecule has 0 bridgehead atoms. The highest BCUT2D eigenvalue weighted by atomic mass is 35.5. The normalized spacial score (nSPS) is 19.5. The van der Waals surface area contributed by atoms with Gasteiger partial charge in [-0.25, -0.2) is 0 Å². The monoisotopic (exact) mass is 492 g/mol. The lowest BCUT2D eigenvalue weighted by molar-refractivity contribution is 0.613. The van der Waals surface area contributed by atoms with Crippen molar-refractivity contribution in [3.63, 3.8) is 0 Å². The van der Waals surface area contributed by atoms with E-state index in [1.807, 2.05) is 36.4 Å². The summed E-state index contributed by atoms with van der Waals surface area (Å²) in [7, 11) is 0. The van der Waals surface area contributed by atoms with Gasteiger partial charge in [-0.15, -0.1) is 10.2 Å². The topological polar surface area (TPSA) is 41.4 Å². The second-order valence-electron chi connectivity index (χ2n) is 7.78. The van der Waals surface area contributed by atoms with Crippen molar-refractivity contribution in [1.29, 1.82) is 0 Å². The number of rotatable bonds is 6. The number of anilines is 1. The van der Waals surface area contributed by atoms with Crippen LogP contribution in [0.3, 0.4) is 0 Å². The fourth-order valence-corrected chi connectivity index (χ4v) is 5.53. The van der Waals surface area contributed by atoms with Crippen LogP contribution in [0.5, 0.6) is 0 Å². The molecule has 162 valence electrons. The fourth-order valence-electron chi connectivity index (χ4n) is 3.85. The lowest BCUT2D eigenvalue weighted by Gasteiger charge is -2.27. The molecule has 0 fully saturated rings. The molecule has 8 heteroatoms. The molecule has 2 heterocycles. The maximum Gasteiger partial charge on any atom is 0.144 e. The van der Waals surface area contributed by atoms with Crippen molar-refractivity contribution in [1.82, 2.24) is 10.2 Å². The predicted molar refractivity (Wildman–Crippen MR) is 132 cm³/mol. The molecule has 3 unspecified atom stereocenters. The van der Waals surface area contributed by atoms with Crippen molar-refractivity contribution in [3.05, 3.63) is 73.1 Å². The molecule has 1 aliphatic rings. The molecule has 3 aromatic rings. The van der Waals surface area contributed by atoms with Crippen molar-refractivity contribution in [2.75, 3.05) is 4.90 Å². The smallest absolute Gasteiger partial charge is 0.144 e. The van der Waals surface area contributed by atoms with Crippen LogP contribution in [0.25, 0.3) is 0 Å². The molecule has 4 nitrogen and oxygen atoms in total. The van der Waals surface area contributed by atoms with Gasteiger partial charge in [-0.2, -0.15) is 0 Å². The van der Waals surface area contributed by atoms with E-state index < -0.39 is 0 Å². The average Bonchev–Trinajstić information content (AvgIpc) is 3.34. The van der Waals surface area contributed by atoms with Gasteiger partial charge in [0.25, 0.3) is 0 Å². The third kappa shape index (κ3) is 4.61. The second-order valence-corrected chi connectivity index (χ2v) is 10.1. The first kappa shape index (κ1) is 22.5. The van der Waals surface area contributed by atoms with Gasteiger partial charge < -0.3 is 4.90 Å². The zero-order valence-electron chi connectivity index (χ0n) is 17.5. The van der Waals surface area contributed by atoms with E-state index in [1.54, 1.807) is 17.4 Å². The van der Waals surface area contributed by atoms with E-state index in [0.29, 0.717) is 21.0 Å². The highest BCUT2D eigenvalue weighted by Crippen LogP contribution is 2.40. The fraction of sp³-hybridized carbons (Fsp3) is 0.348. The van der Waals surface area contributed by atoms with Crippen LogP contribution in [0.1, 0.15) is 61.2 Å². The molecule has 3 atom stereocenters. The maximum atomic E-state index is 6.57. The number of aliphatic imine (C=N–C) groups is 1. The molecule has 0 saturated heterocycles. The molecular weight excluding hydrogens is 471 g/mol. The van der Waals surface area contributed by atoms with Crippen LogP contribution < -0.4 is 4.90 Å². The summed E-state index contributed by atoms with van der Waals surface area (Å²) >= 11 is 20.5. The number of halogens is 3. The second kappa shape index (κ2) is 9.45. The van der Waals surface area contributed by atoms with Crippen LogP contribution in [-0.4, -0.2) is 22.1 Å². The van der Waals surface area contributed by atoms with E-state index >= 15 is 0 Å². The Bertz CT molecular complexity index is 1100. The minimum absolute atomic E-state index is 0.0326. The summed E-state index contributed by atoms with van der Waals surface area (Å²) in [6, 6.07) is 13.1. The molecule has 1 aromatic heterocycles. The molecule has 0 amide bonds. The zero-order valence-corrected chi connectivity index (χ0v) is 20.6. The van der Waals surface area contributed by atoms with Crippen molar-refractivity contribution in [2.45, 2.75) is 51.6 Å². The molecule has 1 aliphatic heterocycles. The van der Waals surface area contributed by atoms with Crippen LogP contribution in [0.4, 0.5) is 5.69 Å². The maximum absolute atomic E-state index is 6.57. The van der Waals surface area contributed by atoms with Crippen LogP contribution in [-0.2, 0) is 0 Å². The molecule has 0 aliphatic carbocycles. The minimum atomic E-state index is -0.141. The first-order valence-corrected chi connectivity index (χ1v) is 12.3. The molecule has 0 saturated carbocycles. The minimum Gasteiger partial charge on any atom is -0.321 e. The average molecular weight is 494 g/mol. The van der Waals surface area contributed by atoms with Crippen molar-refractivity contribution >= 4 is 57.7 Å². The highest BCUT2D eigenvalue weighted by Gasteiger charge is 2.38. The van der Waals surface area contributed by atoms with E-state index in [0.717, 1.165) is 39.9 Å². The van der Waals surface area contributed by atoms with E-state index in [9.17, 15) is 0 Å². The summed E-state index contributed by atoms with van der Waals surface area (Å²) in [5, 5.41) is 12.8. The number of hydrogen-bond donors (Lipinski definition) is 0. The lowest BCUT2D eigenvalue weighted by atomic mass is 10.1. The summed E-state index contributed by atoms with van der Waals surface area (Å²) in [4.78, 5) is 7.28. The van der Waals surface area contributed by atoms with Crippen molar-refractivity contribution in [3.8, 4) is 0 Å². The molecule has 2 aromatic carbocycles. The van der Waals surface area contributed by atoms with Crippen molar-refractivity contribution < 1.29 is 0 Å². The summed E-state index contributed by atoms with van der Waals surface area (Å²) < 4.78 is 0. The molecule has 0 spiro atoms. The summed E-state index contributed by atoms with van der Waals surface area (Å²) in [5.41, 5.74) is 1.83. The Morgan fingerprint density at radius 1 is 1.03 bits per heavy atom.